The highest BCUT2D eigenvalue weighted by atomic mass is 16.6. The second-order valence-electron chi connectivity index (χ2n) is 7.55. The van der Waals surface area contributed by atoms with Crippen LogP contribution < -0.4 is 0 Å². The topological polar surface area (TPSA) is 29.5 Å². The molecule has 0 spiro atoms. The summed E-state index contributed by atoms with van der Waals surface area (Å²) in [5, 5.41) is 0. The molecule has 1 heterocycles. The van der Waals surface area contributed by atoms with E-state index in [1.54, 1.807) is 0 Å². The monoisotopic (exact) mass is 267 g/mol. The minimum atomic E-state index is -0.378. The lowest BCUT2D eigenvalue weighted by Crippen LogP contribution is -2.51. The number of carbonyl (C=O) groups is 1. The Kier molecular flexibility index (Phi) is 3.97. The Hall–Kier alpha value is -0.570. The Morgan fingerprint density at radius 3 is 2.47 bits per heavy atom. The maximum absolute atomic E-state index is 12.5. The van der Waals surface area contributed by atoms with Gasteiger partial charge in [0, 0.05) is 6.04 Å². The summed E-state index contributed by atoms with van der Waals surface area (Å²) in [6.07, 6.45) is 4.58. The summed E-state index contributed by atoms with van der Waals surface area (Å²) in [6.45, 7) is 12.3. The molecule has 2 fully saturated rings. The van der Waals surface area contributed by atoms with Gasteiger partial charge < -0.3 is 9.64 Å². The zero-order chi connectivity index (χ0) is 14.3. The fourth-order valence-electron chi connectivity index (χ4n) is 3.17. The maximum Gasteiger partial charge on any atom is 0.312 e. The third-order valence-electron chi connectivity index (χ3n) is 4.54. The van der Waals surface area contributed by atoms with E-state index in [2.05, 4.69) is 18.7 Å². The molecule has 19 heavy (non-hydrogen) atoms. The lowest BCUT2D eigenvalue weighted by molar-refractivity contribution is -0.171. The van der Waals surface area contributed by atoms with E-state index in [0.717, 1.165) is 31.8 Å². The first kappa shape index (κ1) is 14.8. The third-order valence-corrected chi connectivity index (χ3v) is 4.54. The molecule has 3 heteroatoms. The molecule has 1 saturated heterocycles. The van der Waals surface area contributed by atoms with Crippen molar-refractivity contribution in [1.29, 1.82) is 0 Å². The molecule has 2 unspecified atom stereocenters. The zero-order valence-electron chi connectivity index (χ0n) is 13.2. The number of nitrogens with zero attached hydrogens (tertiary/aromatic N) is 1. The average molecular weight is 267 g/mol. The van der Waals surface area contributed by atoms with Crippen LogP contribution in [0.4, 0.5) is 0 Å². The number of hydrogen-bond acceptors (Lipinski definition) is 3. The number of esters is 1. The van der Waals surface area contributed by atoms with Crippen molar-refractivity contribution in [3.8, 4) is 0 Å². The normalized spacial score (nSPS) is 33.2. The molecule has 2 rings (SSSR count). The molecular weight excluding hydrogens is 238 g/mol. The fraction of sp³-hybridized carbons (Fsp3) is 0.938. The third kappa shape index (κ3) is 3.50. The molecule has 0 N–H and O–H groups in total. The minimum Gasteiger partial charge on any atom is -0.460 e. The van der Waals surface area contributed by atoms with Gasteiger partial charge in [0.15, 0.2) is 0 Å². The highest BCUT2D eigenvalue weighted by Crippen LogP contribution is 2.45. The second kappa shape index (κ2) is 5.08. The smallest absolute Gasteiger partial charge is 0.312 e. The maximum atomic E-state index is 12.5. The standard InChI is InChI=1S/C16H29NO2/c1-6-17-10-9-16(5,11-13(17)12-7-8-12)14(18)19-15(2,3)4/h12-13H,6-11H2,1-5H3. The van der Waals surface area contributed by atoms with Crippen LogP contribution in [0.15, 0.2) is 0 Å². The molecule has 0 radical (unpaired) electrons. The van der Waals surface area contributed by atoms with E-state index in [0.29, 0.717) is 6.04 Å². The van der Waals surface area contributed by atoms with Crippen molar-refractivity contribution in [2.45, 2.75) is 71.9 Å². The van der Waals surface area contributed by atoms with Gasteiger partial charge in [-0.2, -0.15) is 0 Å². The Morgan fingerprint density at radius 1 is 1.37 bits per heavy atom. The van der Waals surface area contributed by atoms with E-state index < -0.39 is 0 Å². The molecule has 2 aliphatic rings. The molecule has 1 aliphatic carbocycles. The number of likely N-dealkylation sites (tertiary alicyclic amines) is 1. The average Bonchev–Trinajstić information content (AvgIpc) is 3.10. The number of hydrogen-bond donors (Lipinski definition) is 0. The van der Waals surface area contributed by atoms with Gasteiger partial charge in [-0.05, 0) is 72.4 Å². The van der Waals surface area contributed by atoms with Crippen molar-refractivity contribution in [3.05, 3.63) is 0 Å². The van der Waals surface area contributed by atoms with E-state index in [1.165, 1.54) is 12.8 Å². The number of piperidine rings is 1. The van der Waals surface area contributed by atoms with E-state index in [9.17, 15) is 4.79 Å². The Bertz CT molecular complexity index is 343. The summed E-state index contributed by atoms with van der Waals surface area (Å²) >= 11 is 0. The van der Waals surface area contributed by atoms with Crippen LogP contribution in [0.1, 0.15) is 60.3 Å². The quantitative estimate of drug-likeness (QED) is 0.735. The van der Waals surface area contributed by atoms with Crippen LogP contribution in [0.25, 0.3) is 0 Å². The van der Waals surface area contributed by atoms with E-state index in [-0.39, 0.29) is 17.0 Å². The predicted octanol–water partition coefficient (Wildman–Crippen LogP) is 3.23. The van der Waals surface area contributed by atoms with Gasteiger partial charge in [0.1, 0.15) is 5.60 Å². The summed E-state index contributed by atoms with van der Waals surface area (Å²) in [5.74, 6) is 0.823. The molecule has 1 saturated carbocycles. The summed E-state index contributed by atoms with van der Waals surface area (Å²) in [6, 6.07) is 0.594. The number of rotatable bonds is 3. The number of ether oxygens (including phenoxy) is 1. The van der Waals surface area contributed by atoms with Gasteiger partial charge in [-0.25, -0.2) is 0 Å². The molecular formula is C16H29NO2. The summed E-state index contributed by atoms with van der Waals surface area (Å²) in [4.78, 5) is 15.0. The van der Waals surface area contributed by atoms with Crippen LogP contribution in [-0.2, 0) is 9.53 Å². The lowest BCUT2D eigenvalue weighted by Gasteiger charge is -2.44. The van der Waals surface area contributed by atoms with Crippen LogP contribution in [0, 0.1) is 11.3 Å². The zero-order valence-corrected chi connectivity index (χ0v) is 13.2. The van der Waals surface area contributed by atoms with Gasteiger partial charge in [0.25, 0.3) is 0 Å². The van der Waals surface area contributed by atoms with Gasteiger partial charge in [-0.15, -0.1) is 0 Å². The van der Waals surface area contributed by atoms with Gasteiger partial charge in [0.2, 0.25) is 0 Å². The first-order valence-corrected chi connectivity index (χ1v) is 7.73. The molecule has 110 valence electrons. The highest BCUT2D eigenvalue weighted by molar-refractivity contribution is 5.77. The first-order valence-electron chi connectivity index (χ1n) is 7.73. The summed E-state index contributed by atoms with van der Waals surface area (Å²) < 4.78 is 5.64. The fourth-order valence-corrected chi connectivity index (χ4v) is 3.17. The molecule has 0 aromatic rings. The van der Waals surface area contributed by atoms with E-state index in [1.807, 2.05) is 20.8 Å². The van der Waals surface area contributed by atoms with Gasteiger partial charge in [-0.1, -0.05) is 6.92 Å². The molecule has 0 amide bonds. The summed E-state index contributed by atoms with van der Waals surface area (Å²) in [7, 11) is 0. The Labute approximate surface area is 117 Å². The number of carbonyl (C=O) groups excluding carboxylic acids is 1. The lowest BCUT2D eigenvalue weighted by atomic mass is 9.75. The second-order valence-corrected chi connectivity index (χ2v) is 7.55. The van der Waals surface area contributed by atoms with E-state index >= 15 is 0 Å². The molecule has 2 atom stereocenters. The predicted molar refractivity (Wildman–Crippen MR) is 76.9 cm³/mol. The highest BCUT2D eigenvalue weighted by Gasteiger charge is 2.47. The van der Waals surface area contributed by atoms with Crippen LogP contribution in [0.3, 0.4) is 0 Å². The van der Waals surface area contributed by atoms with Crippen molar-refractivity contribution in [2.24, 2.45) is 11.3 Å². The molecule has 0 aromatic carbocycles. The van der Waals surface area contributed by atoms with E-state index in [4.69, 9.17) is 4.74 Å². The molecule has 1 aliphatic heterocycles. The van der Waals surface area contributed by atoms with Crippen LogP contribution in [0.2, 0.25) is 0 Å². The Balaban J connectivity index is 2.05. The van der Waals surface area contributed by atoms with Gasteiger partial charge in [-0.3, -0.25) is 4.79 Å². The SMILES string of the molecule is CCN1CCC(C)(C(=O)OC(C)(C)C)CC1C1CC1. The molecule has 0 aromatic heterocycles. The first-order chi connectivity index (χ1) is 8.75. The summed E-state index contributed by atoms with van der Waals surface area (Å²) in [5.41, 5.74) is -0.663. The van der Waals surface area contributed by atoms with Gasteiger partial charge >= 0.3 is 5.97 Å². The van der Waals surface area contributed by atoms with Crippen LogP contribution in [-0.4, -0.2) is 35.6 Å². The Morgan fingerprint density at radius 2 is 2.00 bits per heavy atom. The van der Waals surface area contributed by atoms with Gasteiger partial charge in [0.05, 0.1) is 5.41 Å². The van der Waals surface area contributed by atoms with Crippen molar-refractivity contribution in [3.63, 3.8) is 0 Å². The largest absolute Gasteiger partial charge is 0.460 e. The van der Waals surface area contributed by atoms with Crippen molar-refractivity contribution >= 4 is 5.97 Å². The van der Waals surface area contributed by atoms with Crippen LogP contribution in [0.5, 0.6) is 0 Å². The minimum absolute atomic E-state index is 0.00130. The van der Waals surface area contributed by atoms with Crippen molar-refractivity contribution < 1.29 is 9.53 Å². The van der Waals surface area contributed by atoms with Crippen LogP contribution >= 0.6 is 0 Å². The molecule has 0 bridgehead atoms. The van der Waals surface area contributed by atoms with Crippen molar-refractivity contribution in [1.82, 2.24) is 4.90 Å². The molecule has 3 nitrogen and oxygen atoms in total. The van der Waals surface area contributed by atoms with Crippen molar-refractivity contribution in [2.75, 3.05) is 13.1 Å².